The van der Waals surface area contributed by atoms with Crippen molar-refractivity contribution in [3.63, 3.8) is 0 Å². The number of likely N-dealkylation sites (N-methyl/N-ethyl adjacent to an activating group) is 1. The number of piperazine rings is 1. The number of hydrogen-bond acceptors (Lipinski definition) is 8. The monoisotopic (exact) mass is 492 g/mol. The zero-order chi connectivity index (χ0) is 24.4. The molecular weight excluding hydrogens is 464 g/mol. The lowest BCUT2D eigenvalue weighted by atomic mass is 10.0. The highest BCUT2D eigenvalue weighted by Crippen LogP contribution is 2.27. The fraction of sp³-hybridized carbons (Fsp3) is 0.292. The minimum absolute atomic E-state index is 0.280. The molecule has 10 nitrogen and oxygen atoms in total. The Balaban J connectivity index is 1.39. The van der Waals surface area contributed by atoms with Crippen LogP contribution in [0.15, 0.2) is 60.9 Å². The average Bonchev–Trinajstić information content (AvgIpc) is 3.28. The summed E-state index contributed by atoms with van der Waals surface area (Å²) in [6.07, 6.45) is 3.63. The van der Waals surface area contributed by atoms with Gasteiger partial charge in [-0.25, -0.2) is 27.2 Å². The molecule has 0 saturated carbocycles. The van der Waals surface area contributed by atoms with Gasteiger partial charge in [-0.2, -0.15) is 0 Å². The summed E-state index contributed by atoms with van der Waals surface area (Å²) in [7, 11) is 1.05. The topological polar surface area (TPSA) is 99.0 Å². The van der Waals surface area contributed by atoms with Gasteiger partial charge in [0.15, 0.2) is 0 Å². The molecule has 1 saturated heterocycles. The van der Waals surface area contributed by atoms with E-state index in [4.69, 9.17) is 0 Å². The third kappa shape index (κ3) is 5.11. The molecule has 0 bridgehead atoms. The molecule has 1 aliphatic heterocycles. The van der Waals surface area contributed by atoms with Gasteiger partial charge in [0, 0.05) is 45.3 Å². The van der Waals surface area contributed by atoms with E-state index in [-0.39, 0.29) is 6.54 Å². The van der Waals surface area contributed by atoms with Crippen LogP contribution in [-0.2, 0) is 17.4 Å². The highest BCUT2D eigenvalue weighted by molar-refractivity contribution is 7.69. The van der Waals surface area contributed by atoms with E-state index >= 15 is 0 Å². The van der Waals surface area contributed by atoms with Gasteiger partial charge in [0.05, 0.1) is 29.3 Å². The van der Waals surface area contributed by atoms with Crippen LogP contribution in [0.4, 0.5) is 17.5 Å². The molecule has 35 heavy (non-hydrogen) atoms. The summed E-state index contributed by atoms with van der Waals surface area (Å²) in [5.74, 6) is 1.09. The summed E-state index contributed by atoms with van der Waals surface area (Å²) in [6, 6.07) is 15.6. The minimum Gasteiger partial charge on any atom is -0.368 e. The molecule has 0 radical (unpaired) electrons. The molecule has 0 spiro atoms. The van der Waals surface area contributed by atoms with Gasteiger partial charge in [-0.15, -0.1) is 5.10 Å². The maximum Gasteiger partial charge on any atom is 0.246 e. The van der Waals surface area contributed by atoms with E-state index in [9.17, 15) is 8.42 Å². The van der Waals surface area contributed by atoms with E-state index in [0.29, 0.717) is 11.8 Å². The zero-order valence-corrected chi connectivity index (χ0v) is 20.6. The summed E-state index contributed by atoms with van der Waals surface area (Å²) in [5.41, 5.74) is 4.60. The van der Waals surface area contributed by atoms with Gasteiger partial charge in [0.2, 0.25) is 16.8 Å². The normalized spacial score (nSPS) is 14.8. The number of nitrogens with one attached hydrogen (secondary N) is 1. The Bertz CT molecular complexity index is 1390. The third-order valence-electron chi connectivity index (χ3n) is 6.23. The van der Waals surface area contributed by atoms with Crippen molar-refractivity contribution < 1.29 is 8.42 Å². The summed E-state index contributed by atoms with van der Waals surface area (Å²) < 4.78 is 25.9. The van der Waals surface area contributed by atoms with Crippen molar-refractivity contribution in [1.29, 1.82) is 0 Å². The Morgan fingerprint density at radius 3 is 2.51 bits per heavy atom. The van der Waals surface area contributed by atoms with Crippen molar-refractivity contribution in [3.8, 4) is 11.3 Å². The van der Waals surface area contributed by atoms with Gasteiger partial charge < -0.3 is 15.1 Å². The predicted octanol–water partition coefficient (Wildman–Crippen LogP) is 2.24. The maximum absolute atomic E-state index is 11.4. The molecule has 4 aromatic rings. The molecule has 0 atom stereocenters. The predicted molar refractivity (Wildman–Crippen MR) is 137 cm³/mol. The Labute approximate surface area is 205 Å². The second-order valence-corrected chi connectivity index (χ2v) is 9.82. The first kappa shape index (κ1) is 23.2. The number of anilines is 3. The number of hydrogen-bond donors (Lipinski definition) is 2. The summed E-state index contributed by atoms with van der Waals surface area (Å²) in [6.45, 7) is 4.35. The van der Waals surface area contributed by atoms with Crippen LogP contribution in [-0.4, -0.2) is 77.5 Å². The fourth-order valence-corrected chi connectivity index (χ4v) is 4.47. The zero-order valence-electron chi connectivity index (χ0n) is 19.7. The van der Waals surface area contributed by atoms with Crippen molar-refractivity contribution in [2.75, 3.05) is 50.5 Å². The molecule has 4 heterocycles. The fourth-order valence-electron chi connectivity index (χ4n) is 4.20. The summed E-state index contributed by atoms with van der Waals surface area (Å²) in [4.78, 5) is 13.7. The van der Waals surface area contributed by atoms with Crippen LogP contribution in [0.1, 0.15) is 5.56 Å². The number of fused-ring (bicyclic) bond motifs is 1. The average molecular weight is 493 g/mol. The van der Waals surface area contributed by atoms with Crippen molar-refractivity contribution in [2.45, 2.75) is 6.54 Å². The van der Waals surface area contributed by atoms with Gasteiger partial charge in [-0.1, -0.05) is 24.3 Å². The van der Waals surface area contributed by atoms with Crippen LogP contribution in [0.25, 0.3) is 16.8 Å². The van der Waals surface area contributed by atoms with Gasteiger partial charge in [-0.3, -0.25) is 0 Å². The first-order chi connectivity index (χ1) is 17.0. The lowest BCUT2D eigenvalue weighted by Crippen LogP contribution is -2.44. The van der Waals surface area contributed by atoms with E-state index in [1.165, 1.54) is 4.31 Å². The quantitative estimate of drug-likeness (QED) is 0.379. The molecule has 1 aliphatic rings. The number of benzene rings is 1. The number of nitrogens with zero attached hydrogens (tertiary/aromatic N) is 7. The van der Waals surface area contributed by atoms with Crippen LogP contribution in [0.3, 0.4) is 0 Å². The lowest BCUT2D eigenvalue weighted by Gasteiger charge is -2.33. The minimum atomic E-state index is -2.65. The molecule has 1 fully saturated rings. The van der Waals surface area contributed by atoms with Crippen molar-refractivity contribution in [3.05, 3.63) is 66.5 Å². The van der Waals surface area contributed by atoms with E-state index in [1.807, 2.05) is 53.2 Å². The molecule has 1 aromatic carbocycles. The molecule has 1 N–H and O–H groups in total. The highest BCUT2D eigenvalue weighted by atomic mass is 32.2. The van der Waals surface area contributed by atoms with E-state index in [0.717, 1.165) is 54.2 Å². The molecular formula is C24H28N8O2S. The standard InChI is InChI=1S/C24H28N8O2S/c1-29-11-13-31(14-12-29)19-8-10-23(25-15-19)27-24-26-16-20-7-9-22(32(20)28-24)21-6-4-3-5-18(21)17-30(2)35(33)34/h3-10,15-16,35H,11-14,17H2,1-2H3,(H,25,27,28). The van der Waals surface area contributed by atoms with Crippen molar-refractivity contribution in [2.24, 2.45) is 0 Å². The maximum atomic E-state index is 11.4. The Hall–Kier alpha value is -3.54. The first-order valence-electron chi connectivity index (χ1n) is 11.4. The van der Waals surface area contributed by atoms with E-state index in [1.54, 1.807) is 13.2 Å². The number of thiol groups is 1. The smallest absolute Gasteiger partial charge is 0.246 e. The van der Waals surface area contributed by atoms with Gasteiger partial charge in [-0.05, 0) is 36.9 Å². The van der Waals surface area contributed by atoms with E-state index < -0.39 is 10.9 Å². The summed E-state index contributed by atoms with van der Waals surface area (Å²) in [5, 5.41) is 7.88. The Morgan fingerprint density at radius 2 is 1.77 bits per heavy atom. The lowest BCUT2D eigenvalue weighted by molar-refractivity contribution is 0.313. The Kier molecular flexibility index (Phi) is 6.62. The number of aromatic nitrogens is 4. The Morgan fingerprint density at radius 1 is 0.971 bits per heavy atom. The second-order valence-electron chi connectivity index (χ2n) is 8.66. The van der Waals surface area contributed by atoms with E-state index in [2.05, 4.69) is 43.3 Å². The van der Waals surface area contributed by atoms with Gasteiger partial charge >= 0.3 is 0 Å². The molecule has 0 amide bonds. The number of pyridine rings is 1. The van der Waals surface area contributed by atoms with Crippen LogP contribution in [0, 0.1) is 0 Å². The third-order valence-corrected chi connectivity index (χ3v) is 6.92. The van der Waals surface area contributed by atoms with Crippen LogP contribution < -0.4 is 10.2 Å². The molecule has 5 rings (SSSR count). The first-order valence-corrected chi connectivity index (χ1v) is 12.6. The van der Waals surface area contributed by atoms with Gasteiger partial charge in [0.25, 0.3) is 0 Å². The van der Waals surface area contributed by atoms with Crippen LogP contribution in [0.5, 0.6) is 0 Å². The molecule has 11 heteroatoms. The van der Waals surface area contributed by atoms with Crippen molar-refractivity contribution in [1.82, 2.24) is 28.8 Å². The van der Waals surface area contributed by atoms with Gasteiger partial charge in [0.1, 0.15) is 5.82 Å². The summed E-state index contributed by atoms with van der Waals surface area (Å²) >= 11 is 0. The highest BCUT2D eigenvalue weighted by Gasteiger charge is 2.15. The largest absolute Gasteiger partial charge is 0.368 e. The number of rotatable bonds is 7. The van der Waals surface area contributed by atoms with Crippen molar-refractivity contribution >= 4 is 33.9 Å². The van der Waals surface area contributed by atoms with Crippen LogP contribution in [0.2, 0.25) is 0 Å². The molecule has 3 aromatic heterocycles. The molecule has 182 valence electrons. The van der Waals surface area contributed by atoms with Crippen LogP contribution >= 0.6 is 0 Å². The second kappa shape index (κ2) is 9.98. The molecule has 0 unspecified atom stereocenters. The SMILES string of the molecule is CN1CCN(c2ccc(Nc3ncc4ccc(-c5ccccc5CN(C)[SH](=O)=O)n4n3)nc2)CC1. The molecule has 0 aliphatic carbocycles.